The lowest BCUT2D eigenvalue weighted by molar-refractivity contribution is -0.130. The van der Waals surface area contributed by atoms with Crippen molar-refractivity contribution in [3.05, 3.63) is 18.2 Å². The Morgan fingerprint density at radius 3 is 2.31 bits per heavy atom. The highest BCUT2D eigenvalue weighted by molar-refractivity contribution is 5.95. The number of nitrogens with one attached hydrogen (secondary N) is 1. The van der Waals surface area contributed by atoms with Gasteiger partial charge in [-0.2, -0.15) is 0 Å². The maximum absolute atomic E-state index is 12.9. The van der Waals surface area contributed by atoms with Crippen molar-refractivity contribution in [2.45, 2.75) is 45.9 Å². The number of nitrogens with zero attached hydrogens (tertiary/aromatic N) is 1. The second kappa shape index (κ2) is 10.8. The highest BCUT2D eigenvalue weighted by Crippen LogP contribution is 2.26. The highest BCUT2D eigenvalue weighted by atomic mass is 35.5. The van der Waals surface area contributed by atoms with E-state index in [1.54, 1.807) is 25.3 Å². The summed E-state index contributed by atoms with van der Waals surface area (Å²) in [6.07, 6.45) is 0.249. The fourth-order valence-corrected chi connectivity index (χ4v) is 3.36. The average molecular weight is 408 g/mol. The Morgan fingerprint density at radius 1 is 1.27 bits per heavy atom. The first-order valence-electron chi connectivity index (χ1n) is 8.45. The highest BCUT2D eigenvalue weighted by Gasteiger charge is 2.34. The Labute approximate surface area is 168 Å². The van der Waals surface area contributed by atoms with Crippen molar-refractivity contribution >= 4 is 42.1 Å². The Hall–Kier alpha value is -1.21. The van der Waals surface area contributed by atoms with Crippen molar-refractivity contribution in [2.24, 2.45) is 5.92 Å². The van der Waals surface area contributed by atoms with E-state index in [-0.39, 0.29) is 54.9 Å². The van der Waals surface area contributed by atoms with E-state index in [1.807, 2.05) is 13.8 Å². The zero-order chi connectivity index (χ0) is 17.9. The molecule has 0 aromatic heterocycles. The summed E-state index contributed by atoms with van der Waals surface area (Å²) in [6, 6.07) is 5.07. The summed E-state index contributed by atoms with van der Waals surface area (Å²) in [5, 5.41) is 2.99. The number of nitrogen functional groups attached to an aromatic ring is 1. The maximum atomic E-state index is 12.9. The molecule has 3 unspecified atom stereocenters. The molecule has 1 aliphatic heterocycles. The number of carbonyl (C=O) groups excluding carboxylic acids is 1. The van der Waals surface area contributed by atoms with Crippen LogP contribution >= 0.6 is 24.8 Å². The predicted octanol–water partition coefficient (Wildman–Crippen LogP) is 3.19. The number of halogens is 2. The third-order valence-corrected chi connectivity index (χ3v) is 4.24. The van der Waals surface area contributed by atoms with E-state index in [1.165, 1.54) is 0 Å². The second-order valence-electron chi connectivity index (χ2n) is 6.85. The minimum Gasteiger partial charge on any atom is -0.495 e. The monoisotopic (exact) mass is 407 g/mol. The van der Waals surface area contributed by atoms with Crippen LogP contribution in [0.15, 0.2) is 18.2 Å². The number of benzene rings is 1. The molecular weight excluding hydrogens is 377 g/mol. The van der Waals surface area contributed by atoms with Gasteiger partial charge in [-0.15, -0.1) is 24.8 Å². The van der Waals surface area contributed by atoms with Crippen LogP contribution in [0.25, 0.3) is 0 Å². The summed E-state index contributed by atoms with van der Waals surface area (Å²) in [4.78, 5) is 15.1. The molecule has 3 atom stereocenters. The Morgan fingerprint density at radius 2 is 1.85 bits per heavy atom. The molecule has 1 heterocycles. The largest absolute Gasteiger partial charge is 0.495 e. The number of amides is 1. The first-order chi connectivity index (χ1) is 11.3. The molecule has 0 bridgehead atoms. The van der Waals surface area contributed by atoms with Gasteiger partial charge in [-0.3, -0.25) is 9.69 Å². The van der Waals surface area contributed by atoms with Gasteiger partial charge in [0.2, 0.25) is 5.91 Å². The quantitative estimate of drug-likeness (QED) is 0.732. The van der Waals surface area contributed by atoms with Crippen LogP contribution in [0.5, 0.6) is 5.75 Å². The predicted molar refractivity (Wildman–Crippen MR) is 111 cm³/mol. The van der Waals surface area contributed by atoms with Crippen molar-refractivity contribution in [1.82, 2.24) is 4.90 Å². The lowest BCUT2D eigenvalue weighted by Crippen LogP contribution is -2.55. The molecule has 1 saturated heterocycles. The molecule has 26 heavy (non-hydrogen) atoms. The number of anilines is 2. The third-order valence-electron chi connectivity index (χ3n) is 4.24. The molecule has 0 radical (unpaired) electrons. The van der Waals surface area contributed by atoms with Crippen LogP contribution in [0, 0.1) is 5.92 Å². The van der Waals surface area contributed by atoms with E-state index in [4.69, 9.17) is 15.2 Å². The van der Waals surface area contributed by atoms with Gasteiger partial charge in [0, 0.05) is 18.8 Å². The zero-order valence-electron chi connectivity index (χ0n) is 16.0. The van der Waals surface area contributed by atoms with Gasteiger partial charge in [0.25, 0.3) is 0 Å². The molecule has 1 aromatic carbocycles. The molecule has 2 rings (SSSR count). The molecule has 1 amide bonds. The zero-order valence-corrected chi connectivity index (χ0v) is 17.7. The lowest BCUT2D eigenvalue weighted by Gasteiger charge is -2.41. The number of hydrogen-bond acceptors (Lipinski definition) is 5. The van der Waals surface area contributed by atoms with Gasteiger partial charge >= 0.3 is 0 Å². The first kappa shape index (κ1) is 24.8. The molecule has 1 aliphatic rings. The number of ether oxygens (including phenoxy) is 2. The van der Waals surface area contributed by atoms with E-state index in [0.29, 0.717) is 17.1 Å². The van der Waals surface area contributed by atoms with Gasteiger partial charge in [-0.1, -0.05) is 13.8 Å². The maximum Gasteiger partial charge on any atom is 0.241 e. The van der Waals surface area contributed by atoms with E-state index in [2.05, 4.69) is 24.1 Å². The standard InChI is InChI=1S/C18H29N3O3.2ClH/c1-11(2)17(21-9-12(3)24-13(4)10-21)18(22)20-14-6-7-16(23-5)15(19)8-14;;/h6-8,11-13,17H,9-10,19H2,1-5H3,(H,20,22);2*1H. The number of rotatable bonds is 5. The third kappa shape index (κ3) is 6.20. The van der Waals surface area contributed by atoms with Crippen LogP contribution in [-0.4, -0.2) is 49.3 Å². The Bertz CT molecular complexity index is 577. The van der Waals surface area contributed by atoms with E-state index in [9.17, 15) is 4.79 Å². The summed E-state index contributed by atoms with van der Waals surface area (Å²) in [5.41, 5.74) is 7.10. The van der Waals surface area contributed by atoms with Crippen molar-refractivity contribution in [1.29, 1.82) is 0 Å². The number of carbonyl (C=O) groups is 1. The SMILES string of the molecule is COc1ccc(NC(=O)C(C(C)C)N2CC(C)OC(C)C2)cc1N.Cl.Cl. The molecule has 1 fully saturated rings. The fourth-order valence-electron chi connectivity index (χ4n) is 3.36. The van der Waals surface area contributed by atoms with Gasteiger partial charge in [0.05, 0.1) is 31.0 Å². The Kier molecular flexibility index (Phi) is 10.3. The summed E-state index contributed by atoms with van der Waals surface area (Å²) in [6.45, 7) is 9.73. The minimum absolute atomic E-state index is 0. The van der Waals surface area contributed by atoms with E-state index >= 15 is 0 Å². The molecule has 1 aromatic rings. The molecule has 0 spiro atoms. The minimum atomic E-state index is -0.206. The van der Waals surface area contributed by atoms with Gasteiger partial charge in [-0.25, -0.2) is 0 Å². The number of methoxy groups -OCH3 is 1. The summed E-state index contributed by atoms with van der Waals surface area (Å²) < 4.78 is 10.9. The van der Waals surface area contributed by atoms with Gasteiger partial charge in [0.1, 0.15) is 5.75 Å². The van der Waals surface area contributed by atoms with E-state index < -0.39 is 0 Å². The van der Waals surface area contributed by atoms with Crippen molar-refractivity contribution in [2.75, 3.05) is 31.2 Å². The smallest absolute Gasteiger partial charge is 0.241 e. The van der Waals surface area contributed by atoms with Crippen molar-refractivity contribution in [3.8, 4) is 5.75 Å². The normalized spacial score (nSPS) is 21.3. The molecule has 6 nitrogen and oxygen atoms in total. The number of hydrogen-bond donors (Lipinski definition) is 2. The summed E-state index contributed by atoms with van der Waals surface area (Å²) in [5.74, 6) is 0.776. The number of morpholine rings is 1. The van der Waals surface area contributed by atoms with Gasteiger partial charge in [0.15, 0.2) is 0 Å². The van der Waals surface area contributed by atoms with Crippen molar-refractivity contribution < 1.29 is 14.3 Å². The topological polar surface area (TPSA) is 76.8 Å². The fraction of sp³-hybridized carbons (Fsp3) is 0.611. The Balaban J connectivity index is 0.00000312. The van der Waals surface area contributed by atoms with Crippen LogP contribution in [0.1, 0.15) is 27.7 Å². The van der Waals surface area contributed by atoms with Crippen LogP contribution < -0.4 is 15.8 Å². The second-order valence-corrected chi connectivity index (χ2v) is 6.85. The first-order valence-corrected chi connectivity index (χ1v) is 8.45. The molecular formula is C18H31Cl2N3O3. The lowest BCUT2D eigenvalue weighted by atomic mass is 9.99. The van der Waals surface area contributed by atoms with Crippen LogP contribution in [0.3, 0.4) is 0 Å². The molecule has 8 heteroatoms. The molecule has 0 saturated carbocycles. The van der Waals surface area contributed by atoms with Crippen LogP contribution in [0.2, 0.25) is 0 Å². The van der Waals surface area contributed by atoms with E-state index in [0.717, 1.165) is 13.1 Å². The van der Waals surface area contributed by atoms with Gasteiger partial charge in [-0.05, 0) is 38.0 Å². The summed E-state index contributed by atoms with van der Waals surface area (Å²) in [7, 11) is 1.57. The number of nitrogens with two attached hydrogens (primary N) is 1. The van der Waals surface area contributed by atoms with Gasteiger partial charge < -0.3 is 20.5 Å². The van der Waals surface area contributed by atoms with Crippen LogP contribution in [0.4, 0.5) is 11.4 Å². The molecule has 0 aliphatic carbocycles. The molecule has 3 N–H and O–H groups in total. The summed E-state index contributed by atoms with van der Waals surface area (Å²) >= 11 is 0. The van der Waals surface area contributed by atoms with Crippen LogP contribution in [-0.2, 0) is 9.53 Å². The van der Waals surface area contributed by atoms with Crippen molar-refractivity contribution in [3.63, 3.8) is 0 Å². The average Bonchev–Trinajstić information content (AvgIpc) is 2.46. The molecule has 150 valence electrons.